The molecule has 1 atom stereocenters. The zero-order valence-corrected chi connectivity index (χ0v) is 12.4. The van der Waals surface area contributed by atoms with Crippen molar-refractivity contribution in [2.45, 2.75) is 64.5 Å². The molecule has 0 aromatic carbocycles. The summed E-state index contributed by atoms with van der Waals surface area (Å²) in [5, 5.41) is 12.9. The third-order valence-corrected chi connectivity index (χ3v) is 6.02. The second kappa shape index (κ2) is 4.47. The zero-order valence-electron chi connectivity index (χ0n) is 12.4. The monoisotopic (exact) mass is 265 g/mol. The van der Waals surface area contributed by atoms with Gasteiger partial charge in [-0.25, -0.2) is 0 Å². The average Bonchev–Trinajstić information content (AvgIpc) is 2.26. The van der Waals surface area contributed by atoms with Gasteiger partial charge in [0.05, 0.1) is 11.6 Å². The van der Waals surface area contributed by atoms with Crippen molar-refractivity contribution in [1.82, 2.24) is 5.32 Å². The number of carbonyl (C=O) groups excluding carboxylic acids is 1. The van der Waals surface area contributed by atoms with Gasteiger partial charge in [-0.3, -0.25) is 4.79 Å². The molecule has 4 bridgehead atoms. The zero-order chi connectivity index (χ0) is 13.8. The Morgan fingerprint density at radius 2 is 1.58 bits per heavy atom. The van der Waals surface area contributed by atoms with Crippen LogP contribution in [-0.4, -0.2) is 22.7 Å². The number of hydrogen-bond acceptors (Lipinski definition) is 2. The van der Waals surface area contributed by atoms with Crippen LogP contribution in [0.3, 0.4) is 0 Å². The first-order valence-corrected chi connectivity index (χ1v) is 7.87. The van der Waals surface area contributed by atoms with Crippen LogP contribution in [0.2, 0.25) is 0 Å². The van der Waals surface area contributed by atoms with E-state index in [-0.39, 0.29) is 11.8 Å². The highest BCUT2D eigenvalue weighted by atomic mass is 16.3. The van der Waals surface area contributed by atoms with Gasteiger partial charge in [-0.15, -0.1) is 0 Å². The molecule has 4 saturated carbocycles. The Morgan fingerprint density at radius 3 is 2.00 bits per heavy atom. The molecule has 0 aromatic rings. The van der Waals surface area contributed by atoms with Gasteiger partial charge >= 0.3 is 0 Å². The molecule has 0 heterocycles. The fraction of sp³-hybridized carbons (Fsp3) is 0.938. The lowest BCUT2D eigenvalue weighted by Gasteiger charge is -2.54. The first kappa shape index (κ1) is 13.4. The van der Waals surface area contributed by atoms with Crippen LogP contribution in [0, 0.1) is 29.6 Å². The van der Waals surface area contributed by atoms with E-state index in [1.54, 1.807) is 6.92 Å². The predicted octanol–water partition coefficient (Wildman–Crippen LogP) is 2.33. The molecule has 0 aromatic heterocycles. The first-order valence-electron chi connectivity index (χ1n) is 7.87. The predicted molar refractivity (Wildman–Crippen MR) is 74.4 cm³/mol. The summed E-state index contributed by atoms with van der Waals surface area (Å²) < 4.78 is 0. The van der Waals surface area contributed by atoms with E-state index >= 15 is 0 Å². The van der Waals surface area contributed by atoms with Crippen LogP contribution in [0.15, 0.2) is 0 Å². The maximum Gasteiger partial charge on any atom is 0.224 e. The van der Waals surface area contributed by atoms with Gasteiger partial charge in [-0.1, -0.05) is 0 Å². The molecule has 1 unspecified atom stereocenters. The summed E-state index contributed by atoms with van der Waals surface area (Å²) in [7, 11) is 0. The fourth-order valence-corrected chi connectivity index (χ4v) is 4.86. The summed E-state index contributed by atoms with van der Waals surface area (Å²) in [4.78, 5) is 12.6. The number of rotatable bonds is 3. The van der Waals surface area contributed by atoms with Crippen molar-refractivity contribution < 1.29 is 9.90 Å². The van der Waals surface area contributed by atoms with E-state index in [1.165, 1.54) is 32.1 Å². The van der Waals surface area contributed by atoms with Gasteiger partial charge in [0.2, 0.25) is 5.91 Å². The number of nitrogens with one attached hydrogen (secondary N) is 1. The van der Waals surface area contributed by atoms with Crippen LogP contribution in [0.25, 0.3) is 0 Å². The summed E-state index contributed by atoms with van der Waals surface area (Å²) in [6, 6.07) is 0. The Bertz CT molecular complexity index is 347. The second-order valence-electron chi connectivity index (χ2n) is 7.84. The molecular weight excluding hydrogens is 238 g/mol. The summed E-state index contributed by atoms with van der Waals surface area (Å²) in [6.45, 7) is 5.56. The molecule has 0 spiro atoms. The van der Waals surface area contributed by atoms with Gasteiger partial charge in [0.1, 0.15) is 0 Å². The maximum absolute atomic E-state index is 12.6. The van der Waals surface area contributed by atoms with E-state index in [9.17, 15) is 9.90 Å². The molecule has 1 amide bonds. The van der Waals surface area contributed by atoms with Gasteiger partial charge in [0.15, 0.2) is 0 Å². The Balaban J connectivity index is 1.71. The topological polar surface area (TPSA) is 49.3 Å². The summed E-state index contributed by atoms with van der Waals surface area (Å²) in [5.41, 5.74) is -0.522. The smallest absolute Gasteiger partial charge is 0.224 e. The van der Waals surface area contributed by atoms with E-state index < -0.39 is 11.6 Å². The highest BCUT2D eigenvalue weighted by Gasteiger charge is 2.51. The summed E-state index contributed by atoms with van der Waals surface area (Å²) in [6.07, 6.45) is 5.95. The Labute approximate surface area is 116 Å². The first-order chi connectivity index (χ1) is 8.87. The van der Waals surface area contributed by atoms with Crippen LogP contribution in [-0.2, 0) is 4.79 Å². The van der Waals surface area contributed by atoms with Crippen molar-refractivity contribution in [3.63, 3.8) is 0 Å². The van der Waals surface area contributed by atoms with Crippen LogP contribution in [0.4, 0.5) is 0 Å². The van der Waals surface area contributed by atoms with Crippen LogP contribution >= 0.6 is 0 Å². The molecule has 4 fully saturated rings. The largest absolute Gasteiger partial charge is 0.391 e. The van der Waals surface area contributed by atoms with E-state index in [0.29, 0.717) is 11.8 Å². The van der Waals surface area contributed by atoms with Gasteiger partial charge in [-0.05, 0) is 76.5 Å². The van der Waals surface area contributed by atoms with Gasteiger partial charge < -0.3 is 10.4 Å². The Morgan fingerprint density at radius 1 is 1.11 bits per heavy atom. The van der Waals surface area contributed by atoms with Crippen molar-refractivity contribution in [3.05, 3.63) is 0 Å². The van der Waals surface area contributed by atoms with Crippen LogP contribution in [0.1, 0.15) is 52.9 Å². The van der Waals surface area contributed by atoms with Crippen molar-refractivity contribution in [3.8, 4) is 0 Å². The molecule has 4 aliphatic carbocycles. The fourth-order valence-electron chi connectivity index (χ4n) is 4.86. The summed E-state index contributed by atoms with van der Waals surface area (Å²) in [5.74, 6) is 3.43. The molecular formula is C16H27NO2. The molecule has 3 nitrogen and oxygen atoms in total. The molecule has 3 heteroatoms. The lowest BCUT2D eigenvalue weighted by molar-refractivity contribution is -0.141. The van der Waals surface area contributed by atoms with Crippen molar-refractivity contribution in [2.75, 3.05) is 0 Å². The normalized spacial score (nSPS) is 42.2. The van der Waals surface area contributed by atoms with E-state index in [2.05, 4.69) is 5.32 Å². The number of carbonyl (C=O) groups is 1. The minimum absolute atomic E-state index is 0.194. The number of aliphatic hydroxyl groups is 1. The maximum atomic E-state index is 12.6. The number of hydrogen-bond donors (Lipinski definition) is 2. The highest BCUT2D eigenvalue weighted by Crippen LogP contribution is 2.56. The molecule has 19 heavy (non-hydrogen) atoms. The molecule has 108 valence electrons. The SMILES string of the molecule is CC(O)C(C)(C)NC(=O)C1C2CC3CC(C2)CC1C3. The molecule has 0 radical (unpaired) electrons. The standard InChI is InChI=1S/C16H27NO2/c1-9(18)16(2,3)17-15(19)14-12-5-10-4-11(7-12)8-13(14)6-10/h9-14,18H,4-8H2,1-3H3,(H,17,19). The molecule has 2 N–H and O–H groups in total. The Hall–Kier alpha value is -0.570. The van der Waals surface area contributed by atoms with E-state index in [4.69, 9.17) is 0 Å². The van der Waals surface area contributed by atoms with Crippen molar-refractivity contribution >= 4 is 5.91 Å². The van der Waals surface area contributed by atoms with Crippen LogP contribution < -0.4 is 5.32 Å². The molecule has 0 aliphatic heterocycles. The molecule has 4 aliphatic rings. The minimum atomic E-state index is -0.522. The third kappa shape index (κ3) is 2.31. The van der Waals surface area contributed by atoms with E-state index in [0.717, 1.165) is 11.8 Å². The van der Waals surface area contributed by atoms with Crippen LogP contribution in [0.5, 0.6) is 0 Å². The van der Waals surface area contributed by atoms with Gasteiger partial charge in [0, 0.05) is 5.92 Å². The number of amides is 1. The molecule has 0 saturated heterocycles. The highest BCUT2D eigenvalue weighted by molar-refractivity contribution is 5.80. The van der Waals surface area contributed by atoms with E-state index in [1.807, 2.05) is 13.8 Å². The number of aliphatic hydroxyl groups excluding tert-OH is 1. The average molecular weight is 265 g/mol. The Kier molecular flexibility index (Phi) is 3.16. The lowest BCUT2D eigenvalue weighted by Crippen LogP contribution is -2.57. The van der Waals surface area contributed by atoms with Gasteiger partial charge in [-0.2, -0.15) is 0 Å². The molecule has 4 rings (SSSR count). The quantitative estimate of drug-likeness (QED) is 0.823. The minimum Gasteiger partial charge on any atom is -0.391 e. The third-order valence-electron chi connectivity index (χ3n) is 6.02. The lowest BCUT2D eigenvalue weighted by atomic mass is 9.51. The van der Waals surface area contributed by atoms with Crippen molar-refractivity contribution in [1.29, 1.82) is 0 Å². The second-order valence-corrected chi connectivity index (χ2v) is 7.84. The van der Waals surface area contributed by atoms with Crippen molar-refractivity contribution in [2.24, 2.45) is 29.6 Å². The summed E-state index contributed by atoms with van der Waals surface area (Å²) >= 11 is 0. The van der Waals surface area contributed by atoms with Gasteiger partial charge in [0.25, 0.3) is 0 Å².